The van der Waals surface area contributed by atoms with Crippen LogP contribution in [-0.4, -0.2) is 30.7 Å². The Bertz CT molecular complexity index is 655. The minimum Gasteiger partial charge on any atom is -0.324 e. The summed E-state index contributed by atoms with van der Waals surface area (Å²) in [6, 6.07) is 0. The Morgan fingerprint density at radius 2 is 0.233 bits per heavy atom. The van der Waals surface area contributed by atoms with Gasteiger partial charge >= 0.3 is 0 Å². The summed E-state index contributed by atoms with van der Waals surface area (Å²) < 4.78 is 1.49. The van der Waals surface area contributed by atoms with E-state index < -0.39 is 0 Å². The Labute approximate surface area is 384 Å². The molecule has 0 spiro atoms. The second kappa shape index (κ2) is 53.3. The highest BCUT2D eigenvalue weighted by Crippen LogP contribution is 2.22. The Hall–Kier alpha value is -0.0400. The number of quaternary nitrogens is 1. The van der Waals surface area contributed by atoms with Gasteiger partial charge in [0.2, 0.25) is 0 Å². The van der Waals surface area contributed by atoms with Crippen molar-refractivity contribution in [3.63, 3.8) is 0 Å². The number of unbranched alkanes of at least 4 members (excludes halogenated alkanes) is 47. The third-order valence-corrected chi connectivity index (χ3v) is 14.7. The van der Waals surface area contributed by atoms with Crippen molar-refractivity contribution in [3.8, 4) is 0 Å². The second-order valence-electron chi connectivity index (χ2n) is 20.9. The largest absolute Gasteiger partial charge is 0.324 e. The molecule has 0 aliphatic rings. The van der Waals surface area contributed by atoms with Gasteiger partial charge in [-0.05, 0) is 51.4 Å². The maximum Gasteiger partial charge on any atom is 0.0786 e. The summed E-state index contributed by atoms with van der Waals surface area (Å²) in [5.74, 6) is 0. The fraction of sp³-hybridized carbons (Fsp3) is 1.00. The monoisotopic (exact) mass is 845 g/mol. The molecule has 0 bridgehead atoms. The van der Waals surface area contributed by atoms with Crippen LogP contribution in [-0.2, 0) is 0 Å². The summed E-state index contributed by atoms with van der Waals surface area (Å²) in [5.41, 5.74) is 0. The first kappa shape index (κ1) is 60.0. The molecule has 0 atom stereocenters. The van der Waals surface area contributed by atoms with Crippen molar-refractivity contribution in [1.82, 2.24) is 0 Å². The van der Waals surface area contributed by atoms with Crippen LogP contribution in [0.5, 0.6) is 0 Å². The van der Waals surface area contributed by atoms with Gasteiger partial charge in [-0.1, -0.05) is 304 Å². The van der Waals surface area contributed by atoms with E-state index in [1.54, 1.807) is 0 Å². The predicted octanol–water partition coefficient (Wildman–Crippen LogP) is 21.8. The number of rotatable bonds is 55. The first-order valence-electron chi connectivity index (χ1n) is 29.6. The van der Waals surface area contributed by atoms with E-state index in [0.29, 0.717) is 0 Å². The molecule has 0 N–H and O–H groups in total. The zero-order chi connectivity index (χ0) is 43.4. The SMILES string of the molecule is CCCCCCCCCCCCCCC[N+](CCCCCCCCCCCCCC)(CCCCCCCCCCCCCCC)CCCCCCCCCCCCCCC. The minimum atomic E-state index is 1.37. The number of nitrogens with zero attached hydrogens (tertiary/aromatic N) is 1. The highest BCUT2D eigenvalue weighted by atomic mass is 15.3. The van der Waals surface area contributed by atoms with E-state index in [0.717, 1.165) is 0 Å². The topological polar surface area (TPSA) is 0 Å². The molecule has 0 radical (unpaired) electrons. The van der Waals surface area contributed by atoms with Gasteiger partial charge in [-0.15, -0.1) is 0 Å². The van der Waals surface area contributed by atoms with E-state index in [2.05, 4.69) is 27.7 Å². The average molecular weight is 846 g/mol. The lowest BCUT2D eigenvalue weighted by atomic mass is 10.0. The highest BCUT2D eigenvalue weighted by molar-refractivity contribution is 4.57. The van der Waals surface area contributed by atoms with Crippen LogP contribution in [0.2, 0.25) is 0 Å². The summed E-state index contributed by atoms with van der Waals surface area (Å²) >= 11 is 0. The lowest BCUT2D eigenvalue weighted by molar-refractivity contribution is -0.929. The molecule has 0 unspecified atom stereocenters. The van der Waals surface area contributed by atoms with Crippen molar-refractivity contribution in [1.29, 1.82) is 0 Å². The molecule has 0 aromatic rings. The highest BCUT2D eigenvalue weighted by Gasteiger charge is 2.25. The van der Waals surface area contributed by atoms with Crippen molar-refractivity contribution < 1.29 is 4.48 Å². The molecule has 0 aromatic carbocycles. The van der Waals surface area contributed by atoms with Crippen LogP contribution in [0.3, 0.4) is 0 Å². The molecule has 1 nitrogen and oxygen atoms in total. The van der Waals surface area contributed by atoms with E-state index >= 15 is 0 Å². The molecule has 362 valence electrons. The third-order valence-electron chi connectivity index (χ3n) is 14.7. The van der Waals surface area contributed by atoms with E-state index in [4.69, 9.17) is 0 Å². The standard InChI is InChI=1S/C59H122N/c1-5-9-13-17-21-25-29-33-37-41-45-49-53-57-60(56-52-48-44-40-36-32-28-24-20-16-12-8-4,58-54-50-46-42-38-34-30-26-22-18-14-10-6-2)59-55-51-47-43-39-35-31-27-23-19-15-11-7-3/h5-59H2,1-4H3/q+1. The van der Waals surface area contributed by atoms with Gasteiger partial charge in [-0.2, -0.15) is 0 Å². The first-order valence-corrected chi connectivity index (χ1v) is 29.6. The Morgan fingerprint density at radius 1 is 0.133 bits per heavy atom. The van der Waals surface area contributed by atoms with Crippen LogP contribution in [0.4, 0.5) is 0 Å². The molecule has 0 rings (SSSR count). The van der Waals surface area contributed by atoms with Gasteiger partial charge in [0.05, 0.1) is 26.2 Å². The zero-order valence-electron chi connectivity index (χ0n) is 43.3. The molecule has 0 amide bonds. The van der Waals surface area contributed by atoms with E-state index in [-0.39, 0.29) is 0 Å². The molecule has 0 heterocycles. The molecule has 0 saturated carbocycles. The molecule has 1 heteroatoms. The van der Waals surface area contributed by atoms with Gasteiger partial charge in [0.25, 0.3) is 0 Å². The zero-order valence-corrected chi connectivity index (χ0v) is 43.3. The minimum absolute atomic E-state index is 1.37. The maximum absolute atomic E-state index is 2.34. The normalized spacial score (nSPS) is 12.0. The van der Waals surface area contributed by atoms with Crippen molar-refractivity contribution >= 4 is 0 Å². The smallest absolute Gasteiger partial charge is 0.0786 e. The van der Waals surface area contributed by atoms with Gasteiger partial charge in [-0.25, -0.2) is 0 Å². The van der Waals surface area contributed by atoms with Crippen molar-refractivity contribution in [2.75, 3.05) is 26.2 Å². The molecular weight excluding hydrogens is 723 g/mol. The average Bonchev–Trinajstić information content (AvgIpc) is 3.26. The molecule has 0 saturated heterocycles. The number of hydrogen-bond donors (Lipinski definition) is 0. The van der Waals surface area contributed by atoms with Crippen LogP contribution in [0.1, 0.15) is 355 Å². The second-order valence-corrected chi connectivity index (χ2v) is 20.9. The third kappa shape index (κ3) is 47.4. The Morgan fingerprint density at radius 3 is 0.350 bits per heavy atom. The molecule has 0 fully saturated rings. The molecule has 0 aliphatic carbocycles. The summed E-state index contributed by atoms with van der Waals surface area (Å²) in [4.78, 5) is 0. The summed E-state index contributed by atoms with van der Waals surface area (Å²) in [5, 5.41) is 0. The quantitative estimate of drug-likeness (QED) is 0.0423. The van der Waals surface area contributed by atoms with Gasteiger partial charge in [0.15, 0.2) is 0 Å². The predicted molar refractivity (Wildman–Crippen MR) is 278 cm³/mol. The van der Waals surface area contributed by atoms with Crippen LogP contribution in [0, 0.1) is 0 Å². The van der Waals surface area contributed by atoms with E-state index in [1.807, 2.05) is 0 Å². The van der Waals surface area contributed by atoms with Gasteiger partial charge in [-0.3, -0.25) is 0 Å². The van der Waals surface area contributed by atoms with Crippen molar-refractivity contribution in [2.24, 2.45) is 0 Å². The van der Waals surface area contributed by atoms with E-state index in [1.165, 1.54) is 358 Å². The first-order chi connectivity index (χ1) is 29.7. The fourth-order valence-electron chi connectivity index (χ4n) is 10.4. The lowest BCUT2D eigenvalue weighted by Gasteiger charge is -2.40. The summed E-state index contributed by atoms with van der Waals surface area (Å²) in [6.45, 7) is 15.3. The molecular formula is C59H122N+. The van der Waals surface area contributed by atoms with E-state index in [9.17, 15) is 0 Å². The lowest BCUT2D eigenvalue weighted by Crippen LogP contribution is -2.50. The van der Waals surface area contributed by atoms with Crippen molar-refractivity contribution in [2.45, 2.75) is 355 Å². The Kier molecular flexibility index (Phi) is 53.3. The molecule has 0 aromatic heterocycles. The van der Waals surface area contributed by atoms with Gasteiger partial charge in [0, 0.05) is 0 Å². The number of hydrogen-bond acceptors (Lipinski definition) is 0. The van der Waals surface area contributed by atoms with Gasteiger partial charge < -0.3 is 4.48 Å². The summed E-state index contributed by atoms with van der Waals surface area (Å²) in [6.07, 6.45) is 75.2. The van der Waals surface area contributed by atoms with Gasteiger partial charge in [0.1, 0.15) is 0 Å². The van der Waals surface area contributed by atoms with Crippen LogP contribution in [0.15, 0.2) is 0 Å². The van der Waals surface area contributed by atoms with Crippen molar-refractivity contribution in [3.05, 3.63) is 0 Å². The van der Waals surface area contributed by atoms with Crippen LogP contribution >= 0.6 is 0 Å². The molecule has 60 heavy (non-hydrogen) atoms. The molecule has 0 aliphatic heterocycles. The summed E-state index contributed by atoms with van der Waals surface area (Å²) in [7, 11) is 0. The maximum atomic E-state index is 2.34. The Balaban J connectivity index is 4.92. The van der Waals surface area contributed by atoms with Crippen LogP contribution in [0.25, 0.3) is 0 Å². The van der Waals surface area contributed by atoms with Crippen LogP contribution < -0.4 is 0 Å². The fourth-order valence-corrected chi connectivity index (χ4v) is 10.4.